The fourth-order valence-corrected chi connectivity index (χ4v) is 2.57. The number of nitrogens with one attached hydrogen (secondary N) is 1. The van der Waals surface area contributed by atoms with Gasteiger partial charge in [-0.2, -0.15) is 0 Å². The minimum absolute atomic E-state index is 0.289. The van der Waals surface area contributed by atoms with Gasteiger partial charge in [0.1, 0.15) is 5.76 Å². The van der Waals surface area contributed by atoms with Gasteiger partial charge in [-0.15, -0.1) is 0 Å². The average Bonchev–Trinajstić information content (AvgIpc) is 2.84. The highest BCUT2D eigenvalue weighted by molar-refractivity contribution is 5.15. The van der Waals surface area contributed by atoms with Gasteiger partial charge in [-0.3, -0.25) is 0 Å². The van der Waals surface area contributed by atoms with E-state index in [0.29, 0.717) is 5.92 Å². The largest absolute Gasteiger partial charge is 0.445 e. The Bertz CT molecular complexity index is 348. The molecule has 15 heavy (non-hydrogen) atoms. The van der Waals surface area contributed by atoms with Crippen molar-refractivity contribution in [2.24, 2.45) is 0 Å². The molecule has 2 heterocycles. The molecule has 3 heteroatoms. The minimum Gasteiger partial charge on any atom is -0.445 e. The van der Waals surface area contributed by atoms with E-state index in [1.54, 1.807) is 0 Å². The summed E-state index contributed by atoms with van der Waals surface area (Å²) in [5, 5.41) is 3.35. The molecule has 0 radical (unpaired) electrons. The molecule has 1 saturated carbocycles. The Hall–Kier alpha value is -0.830. The van der Waals surface area contributed by atoms with Crippen molar-refractivity contribution in [2.75, 3.05) is 13.1 Å². The SMILES string of the molecule is CC1(c2cnc(C3CCNC3)o2)CCC1. The van der Waals surface area contributed by atoms with Crippen molar-refractivity contribution in [1.82, 2.24) is 10.3 Å². The van der Waals surface area contributed by atoms with E-state index in [4.69, 9.17) is 4.42 Å². The van der Waals surface area contributed by atoms with Gasteiger partial charge in [0, 0.05) is 17.9 Å². The average molecular weight is 206 g/mol. The Kier molecular flexibility index (Phi) is 2.09. The van der Waals surface area contributed by atoms with E-state index in [1.807, 2.05) is 6.20 Å². The lowest BCUT2D eigenvalue weighted by Crippen LogP contribution is -2.29. The summed E-state index contributed by atoms with van der Waals surface area (Å²) >= 11 is 0. The topological polar surface area (TPSA) is 38.1 Å². The quantitative estimate of drug-likeness (QED) is 0.806. The normalized spacial score (nSPS) is 29.0. The van der Waals surface area contributed by atoms with Gasteiger partial charge < -0.3 is 9.73 Å². The van der Waals surface area contributed by atoms with Gasteiger partial charge >= 0.3 is 0 Å². The van der Waals surface area contributed by atoms with Crippen LogP contribution in [0.2, 0.25) is 0 Å². The number of hydrogen-bond donors (Lipinski definition) is 1. The lowest BCUT2D eigenvalue weighted by atomic mass is 9.69. The molecule has 1 aliphatic heterocycles. The Balaban J connectivity index is 1.80. The lowest BCUT2D eigenvalue weighted by molar-refractivity contribution is 0.217. The van der Waals surface area contributed by atoms with Crippen LogP contribution in [0.1, 0.15) is 50.2 Å². The van der Waals surface area contributed by atoms with Gasteiger partial charge in [0.25, 0.3) is 0 Å². The zero-order chi connectivity index (χ0) is 10.3. The van der Waals surface area contributed by atoms with Crippen LogP contribution >= 0.6 is 0 Å². The molecule has 1 saturated heterocycles. The monoisotopic (exact) mass is 206 g/mol. The van der Waals surface area contributed by atoms with Crippen LogP contribution in [-0.2, 0) is 5.41 Å². The molecular formula is C12H18N2O. The van der Waals surface area contributed by atoms with Crippen LogP contribution in [-0.4, -0.2) is 18.1 Å². The zero-order valence-electron chi connectivity index (χ0n) is 9.25. The summed E-state index contributed by atoms with van der Waals surface area (Å²) in [5.74, 6) is 2.56. The van der Waals surface area contributed by atoms with Gasteiger partial charge in [0.2, 0.25) is 0 Å². The molecule has 1 aromatic heterocycles. The summed E-state index contributed by atoms with van der Waals surface area (Å²) in [6.07, 6.45) is 6.95. The van der Waals surface area contributed by atoms with Crippen molar-refractivity contribution < 1.29 is 4.42 Å². The summed E-state index contributed by atoms with van der Waals surface area (Å²) in [5.41, 5.74) is 0.289. The van der Waals surface area contributed by atoms with Gasteiger partial charge in [0.15, 0.2) is 5.89 Å². The highest BCUT2D eigenvalue weighted by Gasteiger charge is 2.37. The van der Waals surface area contributed by atoms with E-state index in [2.05, 4.69) is 17.2 Å². The molecule has 1 unspecified atom stereocenters. The molecule has 1 aromatic rings. The predicted octanol–water partition coefficient (Wildman–Crippen LogP) is 2.19. The van der Waals surface area contributed by atoms with Gasteiger partial charge in [-0.1, -0.05) is 13.3 Å². The third-order valence-corrected chi connectivity index (χ3v) is 3.99. The summed E-state index contributed by atoms with van der Waals surface area (Å²) in [6, 6.07) is 0. The number of oxazole rings is 1. The van der Waals surface area contributed by atoms with Crippen LogP contribution in [0.25, 0.3) is 0 Å². The molecular weight excluding hydrogens is 188 g/mol. The lowest BCUT2D eigenvalue weighted by Gasteiger charge is -2.35. The van der Waals surface area contributed by atoms with Crippen molar-refractivity contribution in [3.63, 3.8) is 0 Å². The maximum absolute atomic E-state index is 5.92. The maximum Gasteiger partial charge on any atom is 0.198 e. The second kappa shape index (κ2) is 3.34. The van der Waals surface area contributed by atoms with E-state index < -0.39 is 0 Å². The van der Waals surface area contributed by atoms with Crippen molar-refractivity contribution in [3.05, 3.63) is 17.8 Å². The molecule has 3 nitrogen and oxygen atoms in total. The van der Waals surface area contributed by atoms with Crippen LogP contribution in [0, 0.1) is 0 Å². The summed E-state index contributed by atoms with van der Waals surface area (Å²) in [7, 11) is 0. The third-order valence-electron chi connectivity index (χ3n) is 3.99. The van der Waals surface area contributed by atoms with Gasteiger partial charge in [-0.05, 0) is 25.8 Å². The fourth-order valence-electron chi connectivity index (χ4n) is 2.57. The molecule has 0 amide bonds. The summed E-state index contributed by atoms with van der Waals surface area (Å²) in [6.45, 7) is 4.41. The molecule has 0 spiro atoms. The molecule has 3 rings (SSSR count). The molecule has 2 aliphatic rings. The van der Waals surface area contributed by atoms with Crippen molar-refractivity contribution in [1.29, 1.82) is 0 Å². The second-order valence-electron chi connectivity index (χ2n) is 5.17. The van der Waals surface area contributed by atoms with Crippen LogP contribution in [0.5, 0.6) is 0 Å². The molecule has 2 fully saturated rings. The Morgan fingerprint density at radius 2 is 2.40 bits per heavy atom. The Morgan fingerprint density at radius 3 is 3.00 bits per heavy atom. The van der Waals surface area contributed by atoms with Crippen LogP contribution < -0.4 is 5.32 Å². The molecule has 1 aliphatic carbocycles. The van der Waals surface area contributed by atoms with E-state index in [9.17, 15) is 0 Å². The van der Waals surface area contributed by atoms with Crippen molar-refractivity contribution >= 4 is 0 Å². The first-order chi connectivity index (χ1) is 7.28. The maximum atomic E-state index is 5.92. The van der Waals surface area contributed by atoms with E-state index in [1.165, 1.54) is 19.3 Å². The highest BCUT2D eigenvalue weighted by Crippen LogP contribution is 2.43. The molecule has 1 N–H and O–H groups in total. The van der Waals surface area contributed by atoms with E-state index in [-0.39, 0.29) is 5.41 Å². The number of nitrogens with zero attached hydrogens (tertiary/aromatic N) is 1. The Labute approximate surface area is 90.3 Å². The zero-order valence-corrected chi connectivity index (χ0v) is 9.25. The van der Waals surface area contributed by atoms with E-state index in [0.717, 1.165) is 31.2 Å². The number of aromatic nitrogens is 1. The van der Waals surface area contributed by atoms with Crippen molar-refractivity contribution in [2.45, 2.75) is 43.9 Å². The first kappa shape index (κ1) is 9.40. The highest BCUT2D eigenvalue weighted by atomic mass is 16.4. The minimum atomic E-state index is 0.289. The van der Waals surface area contributed by atoms with Crippen LogP contribution in [0.15, 0.2) is 10.6 Å². The van der Waals surface area contributed by atoms with Crippen LogP contribution in [0.4, 0.5) is 0 Å². The molecule has 82 valence electrons. The third kappa shape index (κ3) is 1.49. The summed E-state index contributed by atoms with van der Waals surface area (Å²) in [4.78, 5) is 4.44. The smallest absolute Gasteiger partial charge is 0.198 e. The first-order valence-electron chi connectivity index (χ1n) is 5.95. The first-order valence-corrected chi connectivity index (χ1v) is 5.95. The predicted molar refractivity (Wildman–Crippen MR) is 57.9 cm³/mol. The number of rotatable bonds is 2. The fraction of sp³-hybridized carbons (Fsp3) is 0.750. The molecule has 1 atom stereocenters. The van der Waals surface area contributed by atoms with E-state index >= 15 is 0 Å². The number of hydrogen-bond acceptors (Lipinski definition) is 3. The molecule has 0 bridgehead atoms. The van der Waals surface area contributed by atoms with Gasteiger partial charge in [0.05, 0.1) is 6.20 Å². The summed E-state index contributed by atoms with van der Waals surface area (Å²) < 4.78 is 5.92. The Morgan fingerprint density at radius 1 is 1.53 bits per heavy atom. The van der Waals surface area contributed by atoms with Gasteiger partial charge in [-0.25, -0.2) is 4.98 Å². The second-order valence-corrected chi connectivity index (χ2v) is 5.17. The van der Waals surface area contributed by atoms with Crippen molar-refractivity contribution in [3.8, 4) is 0 Å². The van der Waals surface area contributed by atoms with Crippen LogP contribution in [0.3, 0.4) is 0 Å². The standard InChI is InChI=1S/C12H18N2O/c1-12(4-2-5-12)10-8-14-11(15-10)9-3-6-13-7-9/h8-9,13H,2-7H2,1H3. The molecule has 0 aromatic carbocycles.